The van der Waals surface area contributed by atoms with Gasteiger partial charge in [0.1, 0.15) is 12.2 Å². The summed E-state index contributed by atoms with van der Waals surface area (Å²) >= 11 is 0. The number of hydrogen-bond acceptors (Lipinski definition) is 7. The third-order valence-corrected chi connectivity index (χ3v) is 6.59. The molecule has 0 unspecified atom stereocenters. The summed E-state index contributed by atoms with van der Waals surface area (Å²) in [6.07, 6.45) is 0.766. The number of hydrogen-bond donors (Lipinski definition) is 1. The fraction of sp³-hybridized carbons (Fsp3) is 0.737. The molecule has 0 aromatic rings. The molecule has 1 aliphatic heterocycles. The maximum atomic E-state index is 12.1. The van der Waals surface area contributed by atoms with E-state index >= 15 is 0 Å². The van der Waals surface area contributed by atoms with Gasteiger partial charge in [0.25, 0.3) is 0 Å². The van der Waals surface area contributed by atoms with E-state index in [-0.39, 0.29) is 18.4 Å². The Balaban J connectivity index is 2.03. The van der Waals surface area contributed by atoms with Crippen LogP contribution < -0.4 is 0 Å². The van der Waals surface area contributed by atoms with Crippen LogP contribution >= 0.6 is 0 Å². The predicted octanol–water partition coefficient (Wildman–Crippen LogP) is 1.52. The van der Waals surface area contributed by atoms with Gasteiger partial charge < -0.3 is 19.3 Å². The fourth-order valence-electron chi connectivity index (χ4n) is 5.19. The number of fused-ring (bicyclic) bond motifs is 3. The number of esters is 3. The van der Waals surface area contributed by atoms with Gasteiger partial charge in [0.15, 0.2) is 0 Å². The van der Waals surface area contributed by atoms with Gasteiger partial charge in [0.05, 0.1) is 17.6 Å². The minimum atomic E-state index is -1.28. The molecule has 3 fully saturated rings. The normalized spacial score (nSPS) is 41.7. The molecule has 144 valence electrons. The van der Waals surface area contributed by atoms with Crippen molar-refractivity contribution in [2.45, 2.75) is 64.3 Å². The molecular weight excluding hydrogens is 340 g/mol. The van der Waals surface area contributed by atoms with E-state index in [1.54, 1.807) is 0 Å². The second-order valence-corrected chi connectivity index (χ2v) is 7.88. The molecule has 0 amide bonds. The number of aliphatic hydroxyl groups is 1. The fourth-order valence-corrected chi connectivity index (χ4v) is 5.19. The van der Waals surface area contributed by atoms with Crippen LogP contribution in [0.25, 0.3) is 0 Å². The van der Waals surface area contributed by atoms with E-state index in [0.29, 0.717) is 31.3 Å². The minimum absolute atomic E-state index is 0.0775. The van der Waals surface area contributed by atoms with Crippen LogP contribution in [0.2, 0.25) is 0 Å². The molecule has 0 bridgehead atoms. The first-order valence-corrected chi connectivity index (χ1v) is 9.04. The number of rotatable bonds is 3. The van der Waals surface area contributed by atoms with Crippen LogP contribution in [0.1, 0.15) is 46.5 Å². The molecule has 6 atom stereocenters. The molecule has 3 aliphatic rings. The van der Waals surface area contributed by atoms with Crippen LogP contribution in [0.3, 0.4) is 0 Å². The van der Waals surface area contributed by atoms with Gasteiger partial charge in [-0.1, -0.05) is 6.58 Å². The molecule has 0 spiro atoms. The first-order chi connectivity index (χ1) is 12.1. The highest BCUT2D eigenvalue weighted by molar-refractivity contribution is 5.91. The standard InChI is InChI=1S/C19H26O7/c1-10-14-6-5-13(9-24-11(2)20)19(23)8-7-15(25-12(3)21)18(19,4)16(14)26-17(10)22/h13-16,23H,1,5-9H2,2-4H3/t13-,14+,15+,16-,18+,19-/m1/s1. The van der Waals surface area contributed by atoms with Crippen molar-refractivity contribution >= 4 is 17.9 Å². The Labute approximate surface area is 152 Å². The van der Waals surface area contributed by atoms with Gasteiger partial charge in [-0.05, 0) is 32.6 Å². The van der Waals surface area contributed by atoms with Gasteiger partial charge in [0, 0.05) is 31.3 Å². The lowest BCUT2D eigenvalue weighted by Gasteiger charge is -2.47. The van der Waals surface area contributed by atoms with Gasteiger partial charge in [-0.2, -0.15) is 0 Å². The van der Waals surface area contributed by atoms with Crippen molar-refractivity contribution in [2.24, 2.45) is 17.3 Å². The number of carbonyl (C=O) groups is 3. The molecule has 3 rings (SSSR count). The van der Waals surface area contributed by atoms with Crippen LogP contribution in [0.4, 0.5) is 0 Å². The highest BCUT2D eigenvalue weighted by Gasteiger charge is 2.70. The quantitative estimate of drug-likeness (QED) is 0.459. The summed E-state index contributed by atoms with van der Waals surface area (Å²) in [5.74, 6) is -1.91. The highest BCUT2D eigenvalue weighted by atomic mass is 16.6. The molecule has 0 aromatic heterocycles. The lowest BCUT2D eigenvalue weighted by Crippen LogP contribution is -2.59. The zero-order valence-corrected chi connectivity index (χ0v) is 15.4. The van der Waals surface area contributed by atoms with Crippen molar-refractivity contribution < 1.29 is 33.7 Å². The summed E-state index contributed by atoms with van der Waals surface area (Å²) in [6.45, 7) is 8.40. The van der Waals surface area contributed by atoms with Gasteiger partial charge in [-0.3, -0.25) is 9.59 Å². The summed E-state index contributed by atoms with van der Waals surface area (Å²) in [5.41, 5.74) is -1.90. The minimum Gasteiger partial charge on any atom is -0.465 e. The zero-order chi connectivity index (χ0) is 19.3. The van der Waals surface area contributed by atoms with Crippen LogP contribution in [0.15, 0.2) is 12.2 Å². The average molecular weight is 366 g/mol. The summed E-state index contributed by atoms with van der Waals surface area (Å²) in [6, 6.07) is 0. The Morgan fingerprint density at radius 3 is 2.58 bits per heavy atom. The lowest BCUT2D eigenvalue weighted by atomic mass is 9.64. The van der Waals surface area contributed by atoms with Crippen molar-refractivity contribution in [3.8, 4) is 0 Å². The molecule has 7 nitrogen and oxygen atoms in total. The van der Waals surface area contributed by atoms with Crippen molar-refractivity contribution in [1.82, 2.24) is 0 Å². The van der Waals surface area contributed by atoms with Crippen LogP contribution in [-0.2, 0) is 28.6 Å². The maximum absolute atomic E-state index is 12.1. The number of carbonyl (C=O) groups excluding carboxylic acids is 3. The first-order valence-electron chi connectivity index (χ1n) is 9.04. The largest absolute Gasteiger partial charge is 0.465 e. The Hall–Kier alpha value is -1.89. The molecular formula is C19H26O7. The van der Waals surface area contributed by atoms with Crippen LogP contribution in [0, 0.1) is 17.3 Å². The smallest absolute Gasteiger partial charge is 0.334 e. The number of ether oxygens (including phenoxy) is 3. The average Bonchev–Trinajstić information content (AvgIpc) is 2.94. The van der Waals surface area contributed by atoms with Crippen molar-refractivity contribution in [1.29, 1.82) is 0 Å². The molecule has 1 heterocycles. The lowest BCUT2D eigenvalue weighted by molar-refractivity contribution is -0.200. The Bertz CT molecular complexity index is 656. The molecule has 7 heteroatoms. The molecule has 1 saturated heterocycles. The third-order valence-electron chi connectivity index (χ3n) is 6.59. The SMILES string of the molecule is C=C1C(=O)O[C@@H]2[C@H]1CC[C@H](COC(C)=O)[C@]1(O)CC[C@H](OC(C)=O)[C@@]21C. The first kappa shape index (κ1) is 18.9. The van der Waals surface area contributed by atoms with E-state index in [9.17, 15) is 19.5 Å². The van der Waals surface area contributed by atoms with Crippen molar-refractivity contribution in [3.63, 3.8) is 0 Å². The van der Waals surface area contributed by atoms with Crippen molar-refractivity contribution in [3.05, 3.63) is 12.2 Å². The van der Waals surface area contributed by atoms with E-state index in [0.717, 1.165) is 0 Å². The van der Waals surface area contributed by atoms with Crippen LogP contribution in [-0.4, -0.2) is 47.4 Å². The second-order valence-electron chi connectivity index (χ2n) is 7.88. The molecule has 26 heavy (non-hydrogen) atoms. The Morgan fingerprint density at radius 1 is 1.27 bits per heavy atom. The summed E-state index contributed by atoms with van der Waals surface area (Å²) in [7, 11) is 0. The highest BCUT2D eigenvalue weighted by Crippen LogP contribution is 2.61. The maximum Gasteiger partial charge on any atom is 0.334 e. The van der Waals surface area contributed by atoms with Gasteiger partial charge in [-0.25, -0.2) is 4.79 Å². The summed E-state index contributed by atoms with van der Waals surface area (Å²) in [4.78, 5) is 35.1. The summed E-state index contributed by atoms with van der Waals surface area (Å²) < 4.78 is 16.4. The van der Waals surface area contributed by atoms with Gasteiger partial charge >= 0.3 is 17.9 Å². The van der Waals surface area contributed by atoms with E-state index < -0.39 is 41.1 Å². The van der Waals surface area contributed by atoms with E-state index in [1.807, 2.05) is 6.92 Å². The van der Waals surface area contributed by atoms with Gasteiger partial charge in [-0.15, -0.1) is 0 Å². The van der Waals surface area contributed by atoms with Gasteiger partial charge in [0.2, 0.25) is 0 Å². The molecule has 2 aliphatic carbocycles. The predicted molar refractivity (Wildman–Crippen MR) is 89.7 cm³/mol. The van der Waals surface area contributed by atoms with E-state index in [4.69, 9.17) is 14.2 Å². The molecule has 0 radical (unpaired) electrons. The molecule has 0 aromatic carbocycles. The zero-order valence-electron chi connectivity index (χ0n) is 15.4. The summed E-state index contributed by atoms with van der Waals surface area (Å²) in [5, 5.41) is 11.7. The van der Waals surface area contributed by atoms with Crippen molar-refractivity contribution in [2.75, 3.05) is 6.61 Å². The second kappa shape index (κ2) is 6.37. The third kappa shape index (κ3) is 2.64. The molecule has 1 N–H and O–H groups in total. The Kier molecular flexibility index (Phi) is 4.63. The van der Waals surface area contributed by atoms with E-state index in [2.05, 4.69) is 6.58 Å². The van der Waals surface area contributed by atoms with Crippen LogP contribution in [0.5, 0.6) is 0 Å². The topological polar surface area (TPSA) is 99.1 Å². The monoisotopic (exact) mass is 366 g/mol. The molecule has 2 saturated carbocycles. The Morgan fingerprint density at radius 2 is 1.96 bits per heavy atom. The van der Waals surface area contributed by atoms with E-state index in [1.165, 1.54) is 13.8 Å².